The number of piperazine rings is 2. The number of fused-ring (bicyclic) bond motifs is 1. The van der Waals surface area contributed by atoms with E-state index in [1.807, 2.05) is 66.4 Å². The minimum absolute atomic E-state index is 0.0563. The number of hydrogen-bond acceptors (Lipinski definition) is 14. The van der Waals surface area contributed by atoms with Gasteiger partial charge >= 0.3 is 11.9 Å². The number of carbonyl (C=O) groups is 2. The first kappa shape index (κ1) is 38.7. The van der Waals surface area contributed by atoms with Crippen LogP contribution < -0.4 is 9.80 Å². The van der Waals surface area contributed by atoms with Gasteiger partial charge in [-0.25, -0.2) is 19.3 Å². The monoisotopic (exact) mass is 768 g/mol. The summed E-state index contributed by atoms with van der Waals surface area (Å²) in [4.78, 5) is 53.9. The van der Waals surface area contributed by atoms with Gasteiger partial charge in [-0.05, 0) is 55.1 Å². The van der Waals surface area contributed by atoms with Crippen LogP contribution in [-0.2, 0) is 32.3 Å². The van der Waals surface area contributed by atoms with Gasteiger partial charge in [0.1, 0.15) is 30.4 Å². The molecule has 14 nitrogen and oxygen atoms in total. The van der Waals surface area contributed by atoms with Crippen molar-refractivity contribution in [3.05, 3.63) is 119 Å². The number of nitrogens with zero attached hydrogens (tertiary/aromatic N) is 10. The fourth-order valence-corrected chi connectivity index (χ4v) is 7.06. The third-order valence-corrected chi connectivity index (χ3v) is 10.3. The van der Waals surface area contributed by atoms with Gasteiger partial charge < -0.3 is 24.2 Å². The van der Waals surface area contributed by atoms with Crippen molar-refractivity contribution in [2.24, 2.45) is 0 Å². The number of aromatic nitrogens is 4. The third kappa shape index (κ3) is 8.80. The van der Waals surface area contributed by atoms with Crippen molar-refractivity contribution >= 4 is 34.6 Å². The average molecular weight is 769 g/mol. The lowest BCUT2D eigenvalue weighted by molar-refractivity contribution is -0.146. The van der Waals surface area contributed by atoms with Gasteiger partial charge in [0.2, 0.25) is 0 Å². The molecule has 0 amide bonds. The molecule has 57 heavy (non-hydrogen) atoms. The Morgan fingerprint density at radius 1 is 0.737 bits per heavy atom. The molecule has 2 fully saturated rings. The van der Waals surface area contributed by atoms with Gasteiger partial charge in [0.25, 0.3) is 0 Å². The van der Waals surface area contributed by atoms with E-state index >= 15 is 0 Å². The Morgan fingerprint density at radius 3 is 2.07 bits per heavy atom. The minimum atomic E-state index is -1.37. The molecule has 5 aromatic rings. The molecule has 0 spiro atoms. The maximum absolute atomic E-state index is 13.4. The van der Waals surface area contributed by atoms with E-state index in [-0.39, 0.29) is 30.6 Å². The Bertz CT molecular complexity index is 2320. The molecule has 2 aromatic heterocycles. The predicted octanol–water partition coefficient (Wildman–Crippen LogP) is 4.50. The number of likely N-dealkylation sites (N-methyl/N-ethyl adjacent to an activating group) is 2. The molecule has 2 aliphatic rings. The zero-order valence-corrected chi connectivity index (χ0v) is 31.7. The van der Waals surface area contributed by atoms with Crippen molar-refractivity contribution in [2.45, 2.75) is 31.1 Å². The summed E-state index contributed by atoms with van der Waals surface area (Å²) in [6.45, 7) is 4.48. The summed E-state index contributed by atoms with van der Waals surface area (Å²) >= 11 is 0. The standard InChI is InChI=1S/C42H41FN10O4/c1-50-16-19-52(20-17-50)39-37(46-14-15-47-39)32(23-44)41(54)57-27-29-6-5-7-30(22-29)36-25-53(21-18-51(36)2)40-38(48-34-8-3-4-9-35(34)49-40)33(24-45)42(55)56-26-28-10-12-31(43)13-11-28/h3-15,22,32-33,36H,16-21,25-27H2,1-2H3. The fraction of sp³-hybridized carbons (Fsp3) is 0.333. The highest BCUT2D eigenvalue weighted by molar-refractivity contribution is 5.85. The van der Waals surface area contributed by atoms with E-state index in [1.54, 1.807) is 12.3 Å². The van der Waals surface area contributed by atoms with Crippen molar-refractivity contribution in [3.8, 4) is 12.1 Å². The second-order valence-corrected chi connectivity index (χ2v) is 14.1. The average Bonchev–Trinajstić information content (AvgIpc) is 3.24. The van der Waals surface area contributed by atoms with E-state index in [2.05, 4.69) is 31.9 Å². The molecule has 3 atom stereocenters. The number of anilines is 2. The summed E-state index contributed by atoms with van der Waals surface area (Å²) in [5, 5.41) is 20.4. The first-order valence-corrected chi connectivity index (χ1v) is 18.6. The number of nitriles is 2. The minimum Gasteiger partial charge on any atom is -0.460 e. The molecule has 0 bridgehead atoms. The lowest BCUT2D eigenvalue weighted by atomic mass is 9.99. The normalized spacial score (nSPS) is 17.3. The molecular formula is C42H41FN10O4. The number of halogens is 1. The van der Waals surface area contributed by atoms with E-state index in [4.69, 9.17) is 19.4 Å². The molecule has 15 heteroatoms. The van der Waals surface area contributed by atoms with Crippen LogP contribution >= 0.6 is 0 Å². The Labute approximate surface area is 329 Å². The van der Waals surface area contributed by atoms with Gasteiger partial charge in [-0.1, -0.05) is 48.5 Å². The Morgan fingerprint density at radius 2 is 1.37 bits per heavy atom. The van der Waals surface area contributed by atoms with E-state index in [0.717, 1.165) is 24.2 Å². The lowest BCUT2D eigenvalue weighted by Crippen LogP contribution is -2.47. The van der Waals surface area contributed by atoms with Crippen LogP contribution in [0, 0.1) is 28.5 Å². The van der Waals surface area contributed by atoms with Crippen LogP contribution in [0.25, 0.3) is 11.0 Å². The van der Waals surface area contributed by atoms with Crippen LogP contribution in [0.4, 0.5) is 16.0 Å². The lowest BCUT2D eigenvalue weighted by Gasteiger charge is -2.41. The molecular weight excluding hydrogens is 728 g/mol. The van der Waals surface area contributed by atoms with Crippen LogP contribution in [0.15, 0.2) is 85.2 Å². The summed E-state index contributed by atoms with van der Waals surface area (Å²) in [5.74, 6) is -3.59. The van der Waals surface area contributed by atoms with Gasteiger partial charge in [0, 0.05) is 58.2 Å². The fourth-order valence-electron chi connectivity index (χ4n) is 7.06. The van der Waals surface area contributed by atoms with E-state index in [1.165, 1.54) is 30.5 Å². The molecule has 7 rings (SSSR count). The van der Waals surface area contributed by atoms with Crippen molar-refractivity contribution in [1.29, 1.82) is 10.5 Å². The number of rotatable bonds is 11. The van der Waals surface area contributed by atoms with Crippen LogP contribution in [0.5, 0.6) is 0 Å². The molecule has 0 N–H and O–H groups in total. The number of para-hydroxylation sites is 2. The molecule has 3 aromatic carbocycles. The van der Waals surface area contributed by atoms with Crippen LogP contribution in [0.3, 0.4) is 0 Å². The molecule has 0 aliphatic carbocycles. The number of benzene rings is 3. The highest BCUT2D eigenvalue weighted by atomic mass is 19.1. The molecule has 0 saturated carbocycles. The smallest absolute Gasteiger partial charge is 0.330 e. The predicted molar refractivity (Wildman–Crippen MR) is 208 cm³/mol. The van der Waals surface area contributed by atoms with Gasteiger partial charge in [-0.2, -0.15) is 10.5 Å². The first-order valence-electron chi connectivity index (χ1n) is 18.6. The largest absolute Gasteiger partial charge is 0.460 e. The summed E-state index contributed by atoms with van der Waals surface area (Å²) in [5.41, 5.74) is 3.88. The van der Waals surface area contributed by atoms with Crippen molar-refractivity contribution < 1.29 is 23.5 Å². The zero-order chi connectivity index (χ0) is 39.9. The van der Waals surface area contributed by atoms with Crippen LogP contribution in [0.2, 0.25) is 0 Å². The number of esters is 2. The Balaban J connectivity index is 1.08. The van der Waals surface area contributed by atoms with Crippen molar-refractivity contribution in [2.75, 3.05) is 69.7 Å². The Kier molecular flexibility index (Phi) is 11.9. The summed E-state index contributed by atoms with van der Waals surface area (Å²) < 4.78 is 24.7. The second kappa shape index (κ2) is 17.5. The van der Waals surface area contributed by atoms with E-state index in [9.17, 15) is 24.5 Å². The van der Waals surface area contributed by atoms with Gasteiger partial charge in [-0.15, -0.1) is 0 Å². The van der Waals surface area contributed by atoms with Gasteiger partial charge in [0.05, 0.1) is 29.2 Å². The molecule has 3 unspecified atom stereocenters. The first-order chi connectivity index (χ1) is 27.7. The van der Waals surface area contributed by atoms with Gasteiger partial charge in [0.15, 0.2) is 23.5 Å². The van der Waals surface area contributed by atoms with E-state index < -0.39 is 29.6 Å². The van der Waals surface area contributed by atoms with Gasteiger partial charge in [-0.3, -0.25) is 19.5 Å². The maximum Gasteiger partial charge on any atom is 0.330 e. The number of hydrogen-bond donors (Lipinski definition) is 0. The molecule has 2 saturated heterocycles. The highest BCUT2D eigenvalue weighted by Crippen LogP contribution is 2.33. The molecule has 2 aliphatic heterocycles. The number of ether oxygens (including phenoxy) is 2. The summed E-state index contributed by atoms with van der Waals surface area (Å²) in [6.07, 6.45) is 3.04. The quantitative estimate of drug-likeness (QED) is 0.173. The van der Waals surface area contributed by atoms with Crippen LogP contribution in [0.1, 0.15) is 46.0 Å². The summed E-state index contributed by atoms with van der Waals surface area (Å²) in [6, 6.07) is 24.6. The zero-order valence-electron chi connectivity index (χ0n) is 31.7. The molecule has 290 valence electrons. The Hall–Kier alpha value is -6.55. The highest BCUT2D eigenvalue weighted by Gasteiger charge is 2.34. The molecule has 0 radical (unpaired) electrons. The van der Waals surface area contributed by atoms with E-state index in [0.29, 0.717) is 61.0 Å². The topological polar surface area (TPSA) is 165 Å². The van der Waals surface area contributed by atoms with Crippen molar-refractivity contribution in [1.82, 2.24) is 29.7 Å². The summed E-state index contributed by atoms with van der Waals surface area (Å²) in [7, 11) is 4.06. The number of carbonyl (C=O) groups excluding carboxylic acids is 2. The maximum atomic E-state index is 13.4. The van der Waals surface area contributed by atoms with Crippen molar-refractivity contribution in [3.63, 3.8) is 0 Å². The SMILES string of the molecule is CN1CCN(c2nccnc2C(C#N)C(=O)OCc2cccc(C3CN(c4nc5ccccc5nc4C(C#N)C(=O)OCc4ccc(F)cc4)CCN3C)c2)CC1. The molecule has 4 heterocycles. The third-order valence-electron chi connectivity index (χ3n) is 10.3. The second-order valence-electron chi connectivity index (χ2n) is 14.1. The van der Waals surface area contributed by atoms with Crippen LogP contribution in [-0.4, -0.2) is 102 Å².